The first-order valence-electron chi connectivity index (χ1n) is 7.53. The van der Waals surface area contributed by atoms with E-state index in [0.717, 1.165) is 5.56 Å². The SMILES string of the molecule is Cc1ccc(Br)c(NS(=O)(=O)c2cccc(C(=O)NC(C)CO)c2)c1. The number of benzene rings is 2. The van der Waals surface area contributed by atoms with Gasteiger partial charge in [0.05, 0.1) is 17.2 Å². The fraction of sp³-hybridized carbons (Fsp3) is 0.235. The van der Waals surface area contributed by atoms with E-state index in [1.807, 2.05) is 13.0 Å². The molecule has 1 amide bonds. The summed E-state index contributed by atoms with van der Waals surface area (Å²) in [6.45, 7) is 3.31. The first-order valence-corrected chi connectivity index (χ1v) is 9.81. The van der Waals surface area contributed by atoms with E-state index < -0.39 is 22.0 Å². The molecule has 134 valence electrons. The second-order valence-electron chi connectivity index (χ2n) is 5.67. The van der Waals surface area contributed by atoms with E-state index >= 15 is 0 Å². The summed E-state index contributed by atoms with van der Waals surface area (Å²) in [6, 6.07) is 10.6. The highest BCUT2D eigenvalue weighted by Crippen LogP contribution is 2.26. The van der Waals surface area contributed by atoms with Crippen molar-refractivity contribution in [2.24, 2.45) is 0 Å². The van der Waals surface area contributed by atoms with E-state index in [1.165, 1.54) is 24.3 Å². The molecule has 0 aliphatic heterocycles. The van der Waals surface area contributed by atoms with Crippen LogP contribution in [0.1, 0.15) is 22.8 Å². The van der Waals surface area contributed by atoms with Crippen LogP contribution in [0.15, 0.2) is 51.8 Å². The van der Waals surface area contributed by atoms with Gasteiger partial charge in [0.25, 0.3) is 15.9 Å². The number of carbonyl (C=O) groups is 1. The maximum atomic E-state index is 12.6. The molecule has 8 heteroatoms. The Hall–Kier alpha value is -1.90. The van der Waals surface area contributed by atoms with Gasteiger partial charge in [-0.25, -0.2) is 8.42 Å². The minimum Gasteiger partial charge on any atom is -0.394 e. The van der Waals surface area contributed by atoms with Crippen molar-refractivity contribution in [2.45, 2.75) is 24.8 Å². The number of amides is 1. The third-order valence-corrected chi connectivity index (χ3v) is 5.48. The zero-order valence-electron chi connectivity index (χ0n) is 13.8. The van der Waals surface area contributed by atoms with Crippen molar-refractivity contribution in [1.82, 2.24) is 5.32 Å². The number of aryl methyl sites for hydroxylation is 1. The van der Waals surface area contributed by atoms with E-state index in [2.05, 4.69) is 26.0 Å². The van der Waals surface area contributed by atoms with Gasteiger partial charge in [0.2, 0.25) is 0 Å². The molecule has 2 rings (SSSR count). The zero-order chi connectivity index (χ0) is 18.6. The lowest BCUT2D eigenvalue weighted by Crippen LogP contribution is -2.35. The molecule has 0 saturated carbocycles. The van der Waals surface area contributed by atoms with Crippen LogP contribution in [0.25, 0.3) is 0 Å². The van der Waals surface area contributed by atoms with Gasteiger partial charge >= 0.3 is 0 Å². The number of hydrogen-bond acceptors (Lipinski definition) is 4. The number of halogens is 1. The Morgan fingerprint density at radius 2 is 1.96 bits per heavy atom. The van der Waals surface area contributed by atoms with Gasteiger partial charge in [-0.15, -0.1) is 0 Å². The third-order valence-electron chi connectivity index (χ3n) is 3.42. The van der Waals surface area contributed by atoms with Crippen LogP contribution in [0, 0.1) is 6.92 Å². The molecule has 0 aromatic heterocycles. The van der Waals surface area contributed by atoms with Gasteiger partial charge in [-0.1, -0.05) is 12.1 Å². The number of rotatable bonds is 6. The summed E-state index contributed by atoms with van der Waals surface area (Å²) in [4.78, 5) is 12.1. The molecule has 2 aromatic carbocycles. The van der Waals surface area contributed by atoms with E-state index in [9.17, 15) is 13.2 Å². The molecule has 0 spiro atoms. The molecule has 3 N–H and O–H groups in total. The van der Waals surface area contributed by atoms with Gasteiger partial charge in [0.1, 0.15) is 0 Å². The van der Waals surface area contributed by atoms with Crippen LogP contribution in [0.2, 0.25) is 0 Å². The van der Waals surface area contributed by atoms with E-state index in [-0.39, 0.29) is 17.1 Å². The largest absolute Gasteiger partial charge is 0.394 e. The standard InChI is InChI=1S/C17H19BrN2O4S/c1-11-6-7-15(18)16(8-11)20-25(23,24)14-5-3-4-13(9-14)17(22)19-12(2)10-21/h3-9,12,20-21H,10H2,1-2H3,(H,19,22). The summed E-state index contributed by atoms with van der Waals surface area (Å²) >= 11 is 3.31. The Morgan fingerprint density at radius 3 is 2.64 bits per heavy atom. The summed E-state index contributed by atoms with van der Waals surface area (Å²) < 4.78 is 28.4. The lowest BCUT2D eigenvalue weighted by atomic mass is 10.2. The number of nitrogens with one attached hydrogen (secondary N) is 2. The number of sulfonamides is 1. The number of carbonyl (C=O) groups excluding carboxylic acids is 1. The molecule has 0 saturated heterocycles. The van der Waals surface area contributed by atoms with Crippen molar-refractivity contribution in [2.75, 3.05) is 11.3 Å². The fourth-order valence-corrected chi connectivity index (χ4v) is 3.67. The Balaban J connectivity index is 2.29. The van der Waals surface area contributed by atoms with Crippen LogP contribution in [0.5, 0.6) is 0 Å². The van der Waals surface area contributed by atoms with Crippen molar-refractivity contribution in [3.8, 4) is 0 Å². The monoisotopic (exact) mass is 426 g/mol. The predicted molar refractivity (Wildman–Crippen MR) is 100 cm³/mol. The Morgan fingerprint density at radius 1 is 1.24 bits per heavy atom. The number of anilines is 1. The molecule has 1 unspecified atom stereocenters. The maximum Gasteiger partial charge on any atom is 0.261 e. The smallest absolute Gasteiger partial charge is 0.261 e. The van der Waals surface area contributed by atoms with Gasteiger partial charge in [-0.05, 0) is 65.7 Å². The average Bonchev–Trinajstić information content (AvgIpc) is 2.58. The zero-order valence-corrected chi connectivity index (χ0v) is 16.2. The van der Waals surface area contributed by atoms with Crippen molar-refractivity contribution >= 4 is 37.5 Å². The first-order chi connectivity index (χ1) is 11.7. The fourth-order valence-electron chi connectivity index (χ4n) is 2.08. The van der Waals surface area contributed by atoms with Gasteiger partial charge in [-0.2, -0.15) is 0 Å². The Kier molecular flexibility index (Phi) is 6.21. The molecule has 0 heterocycles. The van der Waals surface area contributed by atoms with E-state index in [1.54, 1.807) is 19.1 Å². The van der Waals surface area contributed by atoms with E-state index in [4.69, 9.17) is 5.11 Å². The number of aliphatic hydroxyl groups excluding tert-OH is 1. The van der Waals surface area contributed by atoms with Crippen LogP contribution >= 0.6 is 15.9 Å². The molecular formula is C17H19BrN2O4S. The average molecular weight is 427 g/mol. The molecule has 6 nitrogen and oxygen atoms in total. The number of aliphatic hydroxyl groups is 1. The Bertz CT molecular complexity index is 884. The summed E-state index contributed by atoms with van der Waals surface area (Å²) in [7, 11) is -3.85. The molecule has 0 radical (unpaired) electrons. The molecule has 1 atom stereocenters. The van der Waals surface area contributed by atoms with Crippen molar-refractivity contribution in [3.63, 3.8) is 0 Å². The molecule has 25 heavy (non-hydrogen) atoms. The van der Waals surface area contributed by atoms with Crippen LogP contribution in [0.3, 0.4) is 0 Å². The maximum absolute atomic E-state index is 12.6. The van der Waals surface area contributed by atoms with Gasteiger partial charge < -0.3 is 10.4 Å². The molecule has 0 aliphatic carbocycles. The third kappa shape index (κ3) is 5.04. The minimum atomic E-state index is -3.85. The summed E-state index contributed by atoms with van der Waals surface area (Å²) in [5.41, 5.74) is 1.53. The highest BCUT2D eigenvalue weighted by molar-refractivity contribution is 9.10. The topological polar surface area (TPSA) is 95.5 Å². The van der Waals surface area contributed by atoms with Crippen LogP contribution in [0.4, 0.5) is 5.69 Å². The Labute approximate surface area is 155 Å². The normalized spacial score (nSPS) is 12.5. The van der Waals surface area contributed by atoms with Crippen molar-refractivity contribution < 1.29 is 18.3 Å². The number of hydrogen-bond donors (Lipinski definition) is 3. The van der Waals surface area contributed by atoms with Gasteiger partial charge in [0, 0.05) is 16.1 Å². The highest BCUT2D eigenvalue weighted by atomic mass is 79.9. The highest BCUT2D eigenvalue weighted by Gasteiger charge is 2.18. The predicted octanol–water partition coefficient (Wildman–Crippen LogP) is 2.67. The van der Waals surface area contributed by atoms with Crippen molar-refractivity contribution in [3.05, 3.63) is 58.1 Å². The van der Waals surface area contributed by atoms with Crippen LogP contribution in [-0.2, 0) is 10.0 Å². The lowest BCUT2D eigenvalue weighted by Gasteiger charge is -2.13. The van der Waals surface area contributed by atoms with Gasteiger partial charge in [-0.3, -0.25) is 9.52 Å². The molecular weight excluding hydrogens is 408 g/mol. The second kappa shape index (κ2) is 7.99. The van der Waals surface area contributed by atoms with E-state index in [0.29, 0.717) is 10.2 Å². The first kappa shape index (κ1) is 19.4. The van der Waals surface area contributed by atoms with Crippen LogP contribution in [-0.4, -0.2) is 32.1 Å². The quantitative estimate of drug-likeness (QED) is 0.661. The summed E-state index contributed by atoms with van der Waals surface area (Å²) in [6.07, 6.45) is 0. The summed E-state index contributed by atoms with van der Waals surface area (Å²) in [5, 5.41) is 11.6. The molecule has 0 bridgehead atoms. The molecule has 2 aromatic rings. The summed E-state index contributed by atoms with van der Waals surface area (Å²) in [5.74, 6) is -0.449. The molecule has 0 aliphatic rings. The van der Waals surface area contributed by atoms with Crippen LogP contribution < -0.4 is 10.0 Å². The van der Waals surface area contributed by atoms with Gasteiger partial charge in [0.15, 0.2) is 0 Å². The van der Waals surface area contributed by atoms with Crippen molar-refractivity contribution in [1.29, 1.82) is 0 Å². The second-order valence-corrected chi connectivity index (χ2v) is 8.21. The lowest BCUT2D eigenvalue weighted by molar-refractivity contribution is 0.0922. The molecule has 0 fully saturated rings. The minimum absolute atomic E-state index is 0.0230.